The number of hydrogen-bond acceptors (Lipinski definition) is 7. The van der Waals surface area contributed by atoms with Gasteiger partial charge in [-0.3, -0.25) is 9.36 Å². The molecule has 11 nitrogen and oxygen atoms in total. The summed E-state index contributed by atoms with van der Waals surface area (Å²) in [6.07, 6.45) is 1.13. The Hall–Kier alpha value is -4.16. The number of alkyl halides is 1. The van der Waals surface area contributed by atoms with Crippen molar-refractivity contribution in [2.75, 3.05) is 13.1 Å². The summed E-state index contributed by atoms with van der Waals surface area (Å²) in [6.45, 7) is 12.6. The number of benzene rings is 2. The number of hydrogen-bond donors (Lipinski definition) is 1. The lowest BCUT2D eigenvalue weighted by atomic mass is 10.1. The molecule has 0 saturated heterocycles. The van der Waals surface area contributed by atoms with Crippen LogP contribution in [0.3, 0.4) is 0 Å². The smallest absolute Gasteiger partial charge is 0.410 e. The maximum absolute atomic E-state index is 12.4. The Kier molecular flexibility index (Phi) is 11.9. The average Bonchev–Trinajstić information content (AvgIpc) is 3.49. The van der Waals surface area contributed by atoms with E-state index < -0.39 is 0 Å². The lowest BCUT2D eigenvalue weighted by molar-refractivity contribution is 0.0935. The van der Waals surface area contributed by atoms with Crippen molar-refractivity contribution >= 4 is 28.1 Å². The zero-order valence-electron chi connectivity index (χ0n) is 28.2. The second-order valence-electron chi connectivity index (χ2n) is 12.6. The molecule has 0 fully saturated rings. The van der Waals surface area contributed by atoms with Crippen molar-refractivity contribution in [3.8, 4) is 0 Å². The summed E-state index contributed by atoms with van der Waals surface area (Å²) in [5.74, 6) is 0. The fourth-order valence-corrected chi connectivity index (χ4v) is 6.55. The zero-order valence-corrected chi connectivity index (χ0v) is 29.8. The molecular formula is C36H45BrN6O5. The number of ether oxygens (including phenoxy) is 2. The number of aromatic nitrogens is 4. The quantitative estimate of drug-likeness (QED) is 0.227. The largest absolute Gasteiger partial charge is 0.445 e. The van der Waals surface area contributed by atoms with Crippen molar-refractivity contribution in [1.29, 1.82) is 0 Å². The molecule has 2 aliphatic rings. The number of aliphatic hydroxyl groups excluding tert-OH is 1. The van der Waals surface area contributed by atoms with Gasteiger partial charge in [-0.25, -0.2) is 9.59 Å². The molecule has 0 saturated carbocycles. The van der Waals surface area contributed by atoms with E-state index in [2.05, 4.69) is 64.2 Å². The summed E-state index contributed by atoms with van der Waals surface area (Å²) in [4.78, 5) is 28.3. The summed E-state index contributed by atoms with van der Waals surface area (Å²) < 4.78 is 14.9. The van der Waals surface area contributed by atoms with Gasteiger partial charge in [-0.15, -0.1) is 0 Å². The molecule has 0 aliphatic carbocycles. The van der Waals surface area contributed by atoms with Crippen molar-refractivity contribution in [1.82, 2.24) is 29.4 Å². The number of halogens is 1. The number of rotatable bonds is 6. The molecule has 1 N–H and O–H groups in total. The fraction of sp³-hybridized carbons (Fsp3) is 0.444. The first-order valence-electron chi connectivity index (χ1n) is 16.4. The standard InChI is InChI=1S/C18H22BrN3O2.C18H23N3O3/c1-13-6-14(2)8-15(7-13)12-24-18(23)21-4-3-5-22-17(11-21)9-16(10-19)20-22;1-13-6-14(2)8-15(7-13)12-24-18(23)20-4-3-5-21-17(10-20)9-16(11-22)19-21/h6-9H,3-5,10-12H2,1-2H3;6-9,22H,3-5,10-12H2,1-2H3. The second-order valence-corrected chi connectivity index (χ2v) is 13.2. The number of carbonyl (C=O) groups is 2. The van der Waals surface area contributed by atoms with Crippen LogP contribution in [-0.2, 0) is 60.8 Å². The van der Waals surface area contributed by atoms with E-state index in [1.807, 2.05) is 47.5 Å². The second kappa shape index (κ2) is 16.3. The van der Waals surface area contributed by atoms with E-state index in [-0.39, 0.29) is 25.4 Å². The molecule has 12 heteroatoms. The molecule has 0 spiro atoms. The van der Waals surface area contributed by atoms with Crippen LogP contribution in [0.5, 0.6) is 0 Å². The summed E-state index contributed by atoms with van der Waals surface area (Å²) in [5.41, 5.74) is 10.3. The molecule has 0 radical (unpaired) electrons. The van der Waals surface area contributed by atoms with Gasteiger partial charge in [0, 0.05) is 31.5 Å². The van der Waals surface area contributed by atoms with E-state index in [9.17, 15) is 14.7 Å². The van der Waals surface area contributed by atoms with Gasteiger partial charge in [-0.2, -0.15) is 10.2 Å². The maximum Gasteiger partial charge on any atom is 0.410 e. The lowest BCUT2D eigenvalue weighted by Crippen LogP contribution is -2.31. The molecule has 6 rings (SSSR count). The highest BCUT2D eigenvalue weighted by molar-refractivity contribution is 9.08. The molecule has 2 aromatic carbocycles. The highest BCUT2D eigenvalue weighted by Crippen LogP contribution is 2.18. The zero-order chi connectivity index (χ0) is 34.2. The van der Waals surface area contributed by atoms with Crippen LogP contribution < -0.4 is 0 Å². The Bertz CT molecular complexity index is 1570. The SMILES string of the molecule is Cc1cc(C)cc(COC(=O)N2CCCn3nc(CBr)cc3C2)c1.Cc1cc(C)cc(COC(=O)N2CCCn3nc(CO)cc3C2)c1. The van der Waals surface area contributed by atoms with Crippen LogP contribution in [0.2, 0.25) is 0 Å². The third-order valence-corrected chi connectivity index (χ3v) is 8.81. The minimum absolute atomic E-state index is 0.0862. The first-order valence-corrected chi connectivity index (χ1v) is 17.5. The topological polar surface area (TPSA) is 115 Å². The lowest BCUT2D eigenvalue weighted by Gasteiger charge is -2.19. The van der Waals surface area contributed by atoms with Gasteiger partial charge in [0.05, 0.1) is 42.5 Å². The van der Waals surface area contributed by atoms with Gasteiger partial charge < -0.3 is 24.4 Å². The number of aryl methyl sites for hydroxylation is 6. The van der Waals surface area contributed by atoms with Crippen molar-refractivity contribution in [3.05, 3.63) is 105 Å². The van der Waals surface area contributed by atoms with Crippen molar-refractivity contribution in [2.24, 2.45) is 0 Å². The molecule has 0 atom stereocenters. The van der Waals surface area contributed by atoms with Gasteiger partial charge in [0.15, 0.2) is 0 Å². The van der Waals surface area contributed by atoms with Gasteiger partial charge in [0.25, 0.3) is 0 Å². The predicted octanol–water partition coefficient (Wildman–Crippen LogP) is 6.47. The molecular weight excluding hydrogens is 676 g/mol. The van der Waals surface area contributed by atoms with Crippen LogP contribution in [0.15, 0.2) is 48.5 Å². The number of aliphatic hydroxyl groups is 1. The Labute approximate surface area is 290 Å². The Morgan fingerprint density at radius 2 is 1.08 bits per heavy atom. The molecule has 4 aromatic rings. The highest BCUT2D eigenvalue weighted by atomic mass is 79.9. The molecule has 4 heterocycles. The normalized spacial score (nSPS) is 14.2. The third-order valence-electron chi connectivity index (χ3n) is 8.23. The Balaban J connectivity index is 0.000000188. The van der Waals surface area contributed by atoms with Crippen molar-refractivity contribution in [2.45, 2.75) is 91.9 Å². The van der Waals surface area contributed by atoms with Crippen molar-refractivity contribution < 1.29 is 24.2 Å². The summed E-state index contributed by atoms with van der Waals surface area (Å²) in [6, 6.07) is 16.3. The van der Waals surface area contributed by atoms with E-state index in [1.165, 1.54) is 11.1 Å². The van der Waals surface area contributed by atoms with Gasteiger partial charge in [-0.1, -0.05) is 74.6 Å². The maximum atomic E-state index is 12.4. The third kappa shape index (κ3) is 9.47. The first-order chi connectivity index (χ1) is 23.1. The molecule has 0 unspecified atom stereocenters. The van der Waals surface area contributed by atoms with Crippen LogP contribution in [0.4, 0.5) is 9.59 Å². The molecule has 48 heavy (non-hydrogen) atoms. The van der Waals surface area contributed by atoms with Gasteiger partial charge in [0.2, 0.25) is 0 Å². The Morgan fingerprint density at radius 3 is 1.50 bits per heavy atom. The van der Waals surface area contributed by atoms with Crippen LogP contribution in [0, 0.1) is 27.7 Å². The molecule has 2 amide bonds. The van der Waals surface area contributed by atoms with Crippen LogP contribution in [-0.4, -0.2) is 59.7 Å². The van der Waals surface area contributed by atoms with E-state index in [0.29, 0.717) is 38.5 Å². The number of amides is 2. The van der Waals surface area contributed by atoms with E-state index in [4.69, 9.17) is 9.47 Å². The van der Waals surface area contributed by atoms with Crippen LogP contribution >= 0.6 is 15.9 Å². The first kappa shape index (κ1) is 35.2. The van der Waals surface area contributed by atoms with E-state index in [1.54, 1.807) is 9.80 Å². The van der Waals surface area contributed by atoms with Gasteiger partial charge >= 0.3 is 12.2 Å². The summed E-state index contributed by atoms with van der Waals surface area (Å²) in [5, 5.41) is 18.8. The predicted molar refractivity (Wildman–Crippen MR) is 185 cm³/mol. The summed E-state index contributed by atoms with van der Waals surface area (Å²) >= 11 is 3.43. The molecule has 0 bridgehead atoms. The highest BCUT2D eigenvalue weighted by Gasteiger charge is 2.23. The number of nitrogens with zero attached hydrogens (tertiary/aromatic N) is 6. The van der Waals surface area contributed by atoms with Gasteiger partial charge in [0.1, 0.15) is 13.2 Å². The average molecular weight is 722 g/mol. The number of fused-ring (bicyclic) bond motifs is 2. The number of carbonyl (C=O) groups excluding carboxylic acids is 2. The Morgan fingerprint density at radius 1 is 0.667 bits per heavy atom. The summed E-state index contributed by atoms with van der Waals surface area (Å²) in [7, 11) is 0. The van der Waals surface area contributed by atoms with E-state index >= 15 is 0 Å². The van der Waals surface area contributed by atoms with Crippen LogP contribution in [0.25, 0.3) is 0 Å². The minimum atomic E-state index is -0.311. The monoisotopic (exact) mass is 720 g/mol. The molecule has 256 valence electrons. The van der Waals surface area contributed by atoms with Crippen LogP contribution in [0.1, 0.15) is 69.0 Å². The minimum Gasteiger partial charge on any atom is -0.445 e. The fourth-order valence-electron chi connectivity index (χ4n) is 6.28. The molecule has 2 aliphatic heterocycles. The van der Waals surface area contributed by atoms with E-state index in [0.717, 1.165) is 70.6 Å². The molecule has 2 aromatic heterocycles. The van der Waals surface area contributed by atoms with Gasteiger partial charge in [-0.05, 0) is 63.8 Å². The van der Waals surface area contributed by atoms with Crippen molar-refractivity contribution in [3.63, 3.8) is 0 Å².